The minimum absolute atomic E-state index is 0.0206. The highest BCUT2D eigenvalue weighted by Gasteiger charge is 1.71. The molecule has 0 saturated carbocycles. The van der Waals surface area contributed by atoms with Crippen LogP contribution in [-0.2, 0) is 19.1 Å². The first kappa shape index (κ1) is 10.1. The van der Waals surface area contributed by atoms with Crippen LogP contribution in [0.15, 0.2) is 0 Å². The largest absolute Gasteiger partial charge is 0.455 e. The van der Waals surface area contributed by atoms with E-state index in [-0.39, 0.29) is 13.2 Å². The van der Waals surface area contributed by atoms with E-state index in [2.05, 4.69) is 33.2 Å². The van der Waals surface area contributed by atoms with Crippen LogP contribution in [0.5, 0.6) is 0 Å². The second-order valence-electron chi connectivity index (χ2n) is 1.42. The van der Waals surface area contributed by atoms with E-state index in [1.807, 2.05) is 0 Å². The molecular formula is C8H6O4. The van der Waals surface area contributed by atoms with E-state index < -0.39 is 0 Å². The smallest absolute Gasteiger partial charge is 0.294 e. The molecular weight excluding hydrogens is 160 g/mol. The van der Waals surface area contributed by atoms with Gasteiger partial charge in [-0.15, -0.1) is 0 Å². The molecule has 0 fully saturated rings. The lowest BCUT2D eigenvalue weighted by Crippen LogP contribution is -1.86. The molecule has 0 aromatic rings. The Labute approximate surface area is 69.8 Å². The van der Waals surface area contributed by atoms with Crippen molar-refractivity contribution in [2.45, 2.75) is 0 Å². The predicted molar refractivity (Wildman–Crippen MR) is 39.6 cm³/mol. The molecule has 62 valence electrons. The van der Waals surface area contributed by atoms with E-state index in [9.17, 15) is 9.59 Å². The second-order valence-corrected chi connectivity index (χ2v) is 1.42. The van der Waals surface area contributed by atoms with Crippen LogP contribution in [0, 0.1) is 23.7 Å². The third-order valence-electron chi connectivity index (χ3n) is 0.686. The molecule has 0 rings (SSSR count). The van der Waals surface area contributed by atoms with Gasteiger partial charge in [-0.1, -0.05) is 0 Å². The van der Waals surface area contributed by atoms with E-state index in [0.717, 1.165) is 0 Å². The maximum absolute atomic E-state index is 9.59. The molecule has 0 heterocycles. The highest BCUT2D eigenvalue weighted by molar-refractivity contribution is 5.38. The number of ether oxygens (including phenoxy) is 2. The van der Waals surface area contributed by atoms with Crippen molar-refractivity contribution in [1.82, 2.24) is 0 Å². The Bertz CT molecular complexity index is 220. The van der Waals surface area contributed by atoms with Crippen molar-refractivity contribution in [3.05, 3.63) is 0 Å². The van der Waals surface area contributed by atoms with Crippen LogP contribution in [0.3, 0.4) is 0 Å². The Morgan fingerprint density at radius 3 is 1.67 bits per heavy atom. The molecule has 0 aromatic heterocycles. The summed E-state index contributed by atoms with van der Waals surface area (Å²) < 4.78 is 8.50. The van der Waals surface area contributed by atoms with E-state index in [1.165, 1.54) is 0 Å². The van der Waals surface area contributed by atoms with Crippen molar-refractivity contribution in [1.29, 1.82) is 0 Å². The lowest BCUT2D eigenvalue weighted by molar-refractivity contribution is -0.128. The van der Waals surface area contributed by atoms with Crippen molar-refractivity contribution in [2.24, 2.45) is 0 Å². The SMILES string of the molecule is O=COCC#CC#CCOC=O. The van der Waals surface area contributed by atoms with Gasteiger partial charge in [-0.3, -0.25) is 9.59 Å². The van der Waals surface area contributed by atoms with Crippen molar-refractivity contribution < 1.29 is 19.1 Å². The average molecular weight is 166 g/mol. The van der Waals surface area contributed by atoms with E-state index >= 15 is 0 Å². The highest BCUT2D eigenvalue weighted by Crippen LogP contribution is 1.64. The molecule has 0 unspecified atom stereocenters. The van der Waals surface area contributed by atoms with Gasteiger partial charge in [0.15, 0.2) is 13.2 Å². The van der Waals surface area contributed by atoms with Crippen LogP contribution in [0.2, 0.25) is 0 Å². The van der Waals surface area contributed by atoms with Gasteiger partial charge < -0.3 is 9.47 Å². The van der Waals surface area contributed by atoms with Gasteiger partial charge in [-0.05, 0) is 23.7 Å². The van der Waals surface area contributed by atoms with Gasteiger partial charge in [-0.25, -0.2) is 0 Å². The summed E-state index contributed by atoms with van der Waals surface area (Å²) in [4.78, 5) is 19.2. The zero-order valence-electron chi connectivity index (χ0n) is 6.20. The zero-order chi connectivity index (χ0) is 9.07. The first-order valence-electron chi connectivity index (χ1n) is 2.98. The minimum Gasteiger partial charge on any atom is -0.455 e. The number of hydrogen-bond donors (Lipinski definition) is 0. The molecule has 0 aliphatic rings. The van der Waals surface area contributed by atoms with Crippen LogP contribution in [0.4, 0.5) is 0 Å². The minimum atomic E-state index is 0.0206. The van der Waals surface area contributed by atoms with Gasteiger partial charge in [0.25, 0.3) is 12.9 Å². The van der Waals surface area contributed by atoms with E-state index in [4.69, 9.17) is 0 Å². The van der Waals surface area contributed by atoms with Crippen molar-refractivity contribution in [3.63, 3.8) is 0 Å². The number of carbonyl (C=O) groups excluding carboxylic acids is 2. The van der Waals surface area contributed by atoms with Gasteiger partial charge in [0, 0.05) is 0 Å². The molecule has 0 spiro atoms. The van der Waals surface area contributed by atoms with E-state index in [1.54, 1.807) is 0 Å². The summed E-state index contributed by atoms with van der Waals surface area (Å²) in [7, 11) is 0. The Morgan fingerprint density at radius 1 is 0.917 bits per heavy atom. The molecule has 12 heavy (non-hydrogen) atoms. The fraction of sp³-hybridized carbons (Fsp3) is 0.250. The fourth-order valence-electron chi connectivity index (χ4n) is 0.312. The summed E-state index contributed by atoms with van der Waals surface area (Å²) in [6.07, 6.45) is 0. The molecule has 0 bridgehead atoms. The van der Waals surface area contributed by atoms with Gasteiger partial charge in [0.1, 0.15) is 0 Å². The van der Waals surface area contributed by atoms with Gasteiger partial charge in [0.2, 0.25) is 0 Å². The zero-order valence-corrected chi connectivity index (χ0v) is 6.20. The standard InChI is InChI=1S/C8H6O4/c9-7-11-5-3-1-2-4-6-12-8-10/h7-8H,5-6H2. The first-order chi connectivity index (χ1) is 5.91. The molecule has 0 amide bonds. The topological polar surface area (TPSA) is 52.6 Å². The van der Waals surface area contributed by atoms with Gasteiger partial charge >= 0.3 is 0 Å². The maximum atomic E-state index is 9.59. The van der Waals surface area contributed by atoms with Gasteiger partial charge in [0.05, 0.1) is 0 Å². The molecule has 0 aliphatic heterocycles. The van der Waals surface area contributed by atoms with Crippen LogP contribution < -0.4 is 0 Å². The molecule has 0 radical (unpaired) electrons. The fourth-order valence-corrected chi connectivity index (χ4v) is 0.312. The lowest BCUT2D eigenvalue weighted by atomic mass is 10.5. The Balaban J connectivity index is 3.44. The Kier molecular flexibility index (Phi) is 7.60. The van der Waals surface area contributed by atoms with Crippen LogP contribution in [-0.4, -0.2) is 26.2 Å². The van der Waals surface area contributed by atoms with Crippen molar-refractivity contribution >= 4 is 12.9 Å². The summed E-state index contributed by atoms with van der Waals surface area (Å²) in [5.41, 5.74) is 0. The third kappa shape index (κ3) is 8.06. The second kappa shape index (κ2) is 9.06. The molecule has 4 nitrogen and oxygen atoms in total. The molecule has 0 saturated heterocycles. The maximum Gasteiger partial charge on any atom is 0.294 e. The quantitative estimate of drug-likeness (QED) is 0.316. The molecule has 0 aliphatic carbocycles. The number of rotatable bonds is 4. The van der Waals surface area contributed by atoms with Crippen LogP contribution in [0.25, 0.3) is 0 Å². The van der Waals surface area contributed by atoms with Gasteiger partial charge in [-0.2, -0.15) is 0 Å². The Hall–Kier alpha value is -1.94. The Morgan fingerprint density at radius 2 is 1.33 bits per heavy atom. The summed E-state index contributed by atoms with van der Waals surface area (Å²) in [5, 5.41) is 0. The molecule has 0 atom stereocenters. The number of carbonyl (C=O) groups is 2. The number of hydrogen-bond acceptors (Lipinski definition) is 4. The van der Waals surface area contributed by atoms with Crippen LogP contribution in [0.1, 0.15) is 0 Å². The van der Waals surface area contributed by atoms with Crippen molar-refractivity contribution in [3.8, 4) is 23.7 Å². The molecule has 0 N–H and O–H groups in total. The predicted octanol–water partition coefficient (Wildman–Crippen LogP) is -0.661. The molecule has 4 heteroatoms. The summed E-state index contributed by atoms with van der Waals surface area (Å²) in [6, 6.07) is 0. The normalized spacial score (nSPS) is 6.33. The lowest BCUT2D eigenvalue weighted by Gasteiger charge is -1.82. The monoisotopic (exact) mass is 166 g/mol. The third-order valence-corrected chi connectivity index (χ3v) is 0.686. The van der Waals surface area contributed by atoms with E-state index in [0.29, 0.717) is 12.9 Å². The first-order valence-corrected chi connectivity index (χ1v) is 2.98. The highest BCUT2D eigenvalue weighted by atomic mass is 16.5. The summed E-state index contributed by atoms with van der Waals surface area (Å²) in [6.45, 7) is 0.647. The summed E-state index contributed by atoms with van der Waals surface area (Å²) in [5.74, 6) is 9.66. The van der Waals surface area contributed by atoms with Crippen molar-refractivity contribution in [2.75, 3.05) is 13.2 Å². The molecule has 0 aromatic carbocycles. The summed E-state index contributed by atoms with van der Waals surface area (Å²) >= 11 is 0. The average Bonchev–Trinajstić information content (AvgIpc) is 2.10. The van der Waals surface area contributed by atoms with Crippen LogP contribution >= 0.6 is 0 Å².